The second kappa shape index (κ2) is 5.20. The molecule has 0 aliphatic heterocycles. The lowest BCUT2D eigenvalue weighted by molar-refractivity contribution is 0.404. The average molecular weight is 217 g/mol. The van der Waals surface area contributed by atoms with Gasteiger partial charge in [-0.3, -0.25) is 0 Å². The molecule has 1 aromatic rings. The van der Waals surface area contributed by atoms with Crippen molar-refractivity contribution < 1.29 is 9.13 Å². The molecule has 14 heavy (non-hydrogen) atoms. The molecule has 1 unspecified atom stereocenters. The summed E-state index contributed by atoms with van der Waals surface area (Å²) in [6.07, 6.45) is 0.878. The first-order chi connectivity index (χ1) is 6.72. The van der Waals surface area contributed by atoms with Gasteiger partial charge in [-0.25, -0.2) is 4.39 Å². The van der Waals surface area contributed by atoms with E-state index in [1.54, 1.807) is 13.2 Å². The number of methoxy groups -OCH3 is 1. The monoisotopic (exact) mass is 216 g/mol. The summed E-state index contributed by atoms with van der Waals surface area (Å²) < 4.78 is 18.2. The Hall–Kier alpha value is -0.760. The Labute approximate surface area is 88.8 Å². The van der Waals surface area contributed by atoms with E-state index in [4.69, 9.17) is 16.3 Å². The second-order valence-corrected chi connectivity index (χ2v) is 3.45. The Bertz CT molecular complexity index is 297. The molecule has 0 saturated carbocycles. The molecule has 0 amide bonds. The Morgan fingerprint density at radius 1 is 1.50 bits per heavy atom. The fourth-order valence-electron chi connectivity index (χ4n) is 1.44. The topological polar surface area (TPSA) is 9.23 Å². The van der Waals surface area contributed by atoms with Gasteiger partial charge < -0.3 is 4.74 Å². The van der Waals surface area contributed by atoms with Crippen molar-refractivity contribution in [1.29, 1.82) is 0 Å². The van der Waals surface area contributed by atoms with Gasteiger partial charge in [-0.1, -0.05) is 6.92 Å². The Morgan fingerprint density at radius 2 is 2.21 bits per heavy atom. The molecule has 78 valence electrons. The van der Waals surface area contributed by atoms with Crippen molar-refractivity contribution in [2.75, 3.05) is 13.0 Å². The van der Waals surface area contributed by atoms with E-state index in [2.05, 4.69) is 0 Å². The van der Waals surface area contributed by atoms with Gasteiger partial charge in [0, 0.05) is 17.4 Å². The molecule has 0 heterocycles. The van der Waals surface area contributed by atoms with Gasteiger partial charge in [0.25, 0.3) is 0 Å². The maximum Gasteiger partial charge on any atom is 0.123 e. The van der Waals surface area contributed by atoms with Crippen LogP contribution in [0.1, 0.15) is 24.8 Å². The minimum Gasteiger partial charge on any atom is -0.496 e. The van der Waals surface area contributed by atoms with Crippen LogP contribution in [0.2, 0.25) is 0 Å². The van der Waals surface area contributed by atoms with E-state index < -0.39 is 0 Å². The zero-order valence-electron chi connectivity index (χ0n) is 8.39. The van der Waals surface area contributed by atoms with Crippen LogP contribution in [-0.2, 0) is 0 Å². The van der Waals surface area contributed by atoms with Crippen molar-refractivity contribution in [3.63, 3.8) is 0 Å². The van der Waals surface area contributed by atoms with E-state index in [0.29, 0.717) is 11.6 Å². The van der Waals surface area contributed by atoms with Crippen LogP contribution in [0.25, 0.3) is 0 Å². The lowest BCUT2D eigenvalue weighted by Gasteiger charge is -2.15. The molecule has 0 spiro atoms. The normalized spacial score (nSPS) is 12.6. The smallest absolute Gasteiger partial charge is 0.123 e. The highest BCUT2D eigenvalue weighted by Gasteiger charge is 2.14. The molecule has 0 aromatic heterocycles. The van der Waals surface area contributed by atoms with Gasteiger partial charge in [0.15, 0.2) is 0 Å². The largest absolute Gasteiger partial charge is 0.496 e. The van der Waals surface area contributed by atoms with Crippen molar-refractivity contribution in [3.8, 4) is 5.75 Å². The summed E-state index contributed by atoms with van der Waals surface area (Å²) >= 11 is 5.81. The van der Waals surface area contributed by atoms with Crippen LogP contribution in [0.3, 0.4) is 0 Å². The zero-order valence-corrected chi connectivity index (χ0v) is 9.14. The van der Waals surface area contributed by atoms with E-state index in [1.807, 2.05) is 6.92 Å². The Balaban J connectivity index is 3.08. The third-order valence-corrected chi connectivity index (χ3v) is 2.68. The Morgan fingerprint density at radius 3 is 2.71 bits per heavy atom. The summed E-state index contributed by atoms with van der Waals surface area (Å²) in [6.45, 7) is 2.03. The summed E-state index contributed by atoms with van der Waals surface area (Å²) in [4.78, 5) is 0. The molecular formula is C11H14ClFO. The van der Waals surface area contributed by atoms with Crippen LogP contribution in [0.5, 0.6) is 5.75 Å². The predicted molar refractivity (Wildman–Crippen MR) is 56.7 cm³/mol. The first-order valence-corrected chi connectivity index (χ1v) is 5.15. The van der Waals surface area contributed by atoms with Crippen molar-refractivity contribution in [2.45, 2.75) is 19.3 Å². The highest BCUT2D eigenvalue weighted by molar-refractivity contribution is 6.18. The third kappa shape index (κ3) is 2.38. The molecule has 1 nitrogen and oxygen atoms in total. The van der Waals surface area contributed by atoms with Crippen LogP contribution in [0.4, 0.5) is 4.39 Å². The van der Waals surface area contributed by atoms with Crippen molar-refractivity contribution in [2.24, 2.45) is 0 Å². The van der Waals surface area contributed by atoms with E-state index in [9.17, 15) is 4.39 Å². The fraction of sp³-hybridized carbons (Fsp3) is 0.455. The number of alkyl halides is 1. The summed E-state index contributed by atoms with van der Waals surface area (Å²) in [5, 5.41) is 0. The highest BCUT2D eigenvalue weighted by atomic mass is 35.5. The van der Waals surface area contributed by atoms with Gasteiger partial charge in [0.1, 0.15) is 11.6 Å². The molecule has 3 heteroatoms. The number of ether oxygens (including phenoxy) is 1. The molecule has 0 aliphatic carbocycles. The average Bonchev–Trinajstić information content (AvgIpc) is 2.20. The molecular weight excluding hydrogens is 203 g/mol. The standard InChI is InChI=1S/C11H14ClFO/c1-3-8(7-12)10-6-9(13)4-5-11(10)14-2/h4-6,8H,3,7H2,1-2H3. The predicted octanol–water partition coefficient (Wildman–Crippen LogP) is 3.57. The van der Waals surface area contributed by atoms with E-state index >= 15 is 0 Å². The molecule has 1 atom stereocenters. The lowest BCUT2D eigenvalue weighted by Crippen LogP contribution is -2.02. The maximum absolute atomic E-state index is 13.0. The SMILES string of the molecule is CCC(CCl)c1cc(F)ccc1OC. The Kier molecular flexibility index (Phi) is 4.21. The first kappa shape index (κ1) is 11.3. The lowest BCUT2D eigenvalue weighted by atomic mass is 9.97. The molecule has 0 radical (unpaired) electrons. The molecule has 0 saturated heterocycles. The quantitative estimate of drug-likeness (QED) is 0.700. The zero-order chi connectivity index (χ0) is 10.6. The van der Waals surface area contributed by atoms with Gasteiger partial charge in [-0.15, -0.1) is 11.6 Å². The highest BCUT2D eigenvalue weighted by Crippen LogP contribution is 2.30. The van der Waals surface area contributed by atoms with Crippen molar-refractivity contribution in [3.05, 3.63) is 29.6 Å². The van der Waals surface area contributed by atoms with Crippen LogP contribution < -0.4 is 4.74 Å². The third-order valence-electron chi connectivity index (χ3n) is 2.31. The van der Waals surface area contributed by atoms with Gasteiger partial charge in [-0.2, -0.15) is 0 Å². The van der Waals surface area contributed by atoms with Gasteiger partial charge in [0.2, 0.25) is 0 Å². The van der Waals surface area contributed by atoms with E-state index in [-0.39, 0.29) is 11.7 Å². The number of rotatable bonds is 4. The summed E-state index contributed by atoms with van der Waals surface area (Å²) in [6, 6.07) is 4.53. The first-order valence-electron chi connectivity index (χ1n) is 4.62. The van der Waals surface area contributed by atoms with Crippen molar-refractivity contribution in [1.82, 2.24) is 0 Å². The molecule has 0 bridgehead atoms. The number of hydrogen-bond donors (Lipinski definition) is 0. The fourth-order valence-corrected chi connectivity index (χ4v) is 1.82. The van der Waals surface area contributed by atoms with E-state index in [1.165, 1.54) is 12.1 Å². The van der Waals surface area contributed by atoms with Gasteiger partial charge in [0.05, 0.1) is 7.11 Å². The second-order valence-electron chi connectivity index (χ2n) is 3.15. The number of halogens is 2. The molecule has 0 aliphatic rings. The summed E-state index contributed by atoms with van der Waals surface area (Å²) in [5.41, 5.74) is 0.852. The molecule has 1 rings (SSSR count). The number of benzene rings is 1. The van der Waals surface area contributed by atoms with Gasteiger partial charge in [-0.05, 0) is 24.6 Å². The summed E-state index contributed by atoms with van der Waals surface area (Å²) in [5.74, 6) is 1.10. The summed E-state index contributed by atoms with van der Waals surface area (Å²) in [7, 11) is 1.58. The van der Waals surface area contributed by atoms with Crippen LogP contribution in [0.15, 0.2) is 18.2 Å². The van der Waals surface area contributed by atoms with Crippen molar-refractivity contribution >= 4 is 11.6 Å². The van der Waals surface area contributed by atoms with Crippen LogP contribution in [0, 0.1) is 5.82 Å². The van der Waals surface area contributed by atoms with Crippen LogP contribution in [-0.4, -0.2) is 13.0 Å². The van der Waals surface area contributed by atoms with E-state index in [0.717, 1.165) is 12.0 Å². The number of hydrogen-bond acceptors (Lipinski definition) is 1. The minimum atomic E-state index is -0.246. The molecule has 0 fully saturated rings. The maximum atomic E-state index is 13.0. The molecule has 0 N–H and O–H groups in total. The minimum absolute atomic E-state index is 0.155. The van der Waals surface area contributed by atoms with Crippen LogP contribution >= 0.6 is 11.6 Å². The molecule has 1 aromatic carbocycles. The van der Waals surface area contributed by atoms with Gasteiger partial charge >= 0.3 is 0 Å².